The molecule has 2 rings (SSSR count). The topological polar surface area (TPSA) is 29.5 Å². The molecule has 1 atom stereocenters. The van der Waals surface area contributed by atoms with Crippen LogP contribution in [0.4, 0.5) is 0 Å². The van der Waals surface area contributed by atoms with Crippen LogP contribution in [0.5, 0.6) is 5.75 Å². The lowest BCUT2D eigenvalue weighted by Gasteiger charge is -2.35. The van der Waals surface area contributed by atoms with Crippen molar-refractivity contribution in [2.45, 2.75) is 38.6 Å². The van der Waals surface area contributed by atoms with Gasteiger partial charge in [0.2, 0.25) is 0 Å². The van der Waals surface area contributed by atoms with E-state index in [1.807, 2.05) is 29.2 Å². The Kier molecular flexibility index (Phi) is 4.24. The molecule has 0 N–H and O–H groups in total. The predicted octanol–water partition coefficient (Wildman–Crippen LogP) is 3.10. The monoisotopic (exact) mass is 247 g/mol. The second kappa shape index (κ2) is 5.89. The van der Waals surface area contributed by atoms with Gasteiger partial charge in [0.25, 0.3) is 5.91 Å². The van der Waals surface area contributed by atoms with Crippen molar-refractivity contribution in [2.75, 3.05) is 13.7 Å². The van der Waals surface area contributed by atoms with Gasteiger partial charge in [-0.05, 0) is 37.8 Å². The van der Waals surface area contributed by atoms with Gasteiger partial charge in [0.15, 0.2) is 0 Å². The number of piperidine rings is 1. The van der Waals surface area contributed by atoms with E-state index in [0.29, 0.717) is 17.4 Å². The second-order valence-electron chi connectivity index (χ2n) is 4.76. The SMILES string of the molecule is CC[C@@H]1CCCCN1C(=O)c1ccccc1OC. The number of carbonyl (C=O) groups is 1. The summed E-state index contributed by atoms with van der Waals surface area (Å²) in [4.78, 5) is 14.6. The Bertz CT molecular complexity index is 417. The molecule has 3 heteroatoms. The molecular formula is C15H21NO2. The lowest BCUT2D eigenvalue weighted by Crippen LogP contribution is -2.43. The molecule has 0 unspecified atom stereocenters. The maximum Gasteiger partial charge on any atom is 0.257 e. The van der Waals surface area contributed by atoms with E-state index in [1.165, 1.54) is 6.42 Å². The molecule has 1 aliphatic heterocycles. The number of rotatable bonds is 3. The average molecular weight is 247 g/mol. The van der Waals surface area contributed by atoms with Crippen LogP contribution in [0.1, 0.15) is 43.0 Å². The molecule has 1 aliphatic rings. The average Bonchev–Trinajstić information content (AvgIpc) is 2.46. The summed E-state index contributed by atoms with van der Waals surface area (Å²) in [7, 11) is 1.61. The maximum atomic E-state index is 12.6. The van der Waals surface area contributed by atoms with Gasteiger partial charge >= 0.3 is 0 Å². The smallest absolute Gasteiger partial charge is 0.257 e. The molecule has 1 aromatic rings. The van der Waals surface area contributed by atoms with Crippen LogP contribution in [0, 0.1) is 0 Å². The molecule has 0 radical (unpaired) electrons. The van der Waals surface area contributed by atoms with E-state index in [9.17, 15) is 4.79 Å². The third-order valence-electron chi connectivity index (χ3n) is 3.70. The van der Waals surface area contributed by atoms with Crippen molar-refractivity contribution in [1.82, 2.24) is 4.90 Å². The zero-order valence-electron chi connectivity index (χ0n) is 11.2. The first-order valence-electron chi connectivity index (χ1n) is 6.72. The highest BCUT2D eigenvalue weighted by molar-refractivity contribution is 5.97. The summed E-state index contributed by atoms with van der Waals surface area (Å²) >= 11 is 0. The molecule has 0 bridgehead atoms. The van der Waals surface area contributed by atoms with Gasteiger partial charge in [0, 0.05) is 12.6 Å². The number of hydrogen-bond donors (Lipinski definition) is 0. The minimum Gasteiger partial charge on any atom is -0.496 e. The second-order valence-corrected chi connectivity index (χ2v) is 4.76. The summed E-state index contributed by atoms with van der Waals surface area (Å²) in [6.07, 6.45) is 4.49. The normalized spacial score (nSPS) is 19.7. The number of methoxy groups -OCH3 is 1. The largest absolute Gasteiger partial charge is 0.496 e. The molecule has 0 saturated carbocycles. The zero-order chi connectivity index (χ0) is 13.0. The Morgan fingerprint density at radius 2 is 2.17 bits per heavy atom. The Morgan fingerprint density at radius 3 is 2.89 bits per heavy atom. The first-order chi connectivity index (χ1) is 8.77. The number of hydrogen-bond acceptors (Lipinski definition) is 2. The highest BCUT2D eigenvalue weighted by Gasteiger charge is 2.27. The van der Waals surface area contributed by atoms with Gasteiger partial charge in [0.05, 0.1) is 12.7 Å². The molecule has 18 heavy (non-hydrogen) atoms. The van der Waals surface area contributed by atoms with Crippen molar-refractivity contribution in [3.05, 3.63) is 29.8 Å². The van der Waals surface area contributed by atoms with Gasteiger partial charge in [-0.15, -0.1) is 0 Å². The highest BCUT2D eigenvalue weighted by Crippen LogP contribution is 2.25. The molecule has 3 nitrogen and oxygen atoms in total. The third-order valence-corrected chi connectivity index (χ3v) is 3.70. The fraction of sp³-hybridized carbons (Fsp3) is 0.533. The van der Waals surface area contributed by atoms with Crippen molar-refractivity contribution < 1.29 is 9.53 Å². The molecule has 1 saturated heterocycles. The third kappa shape index (κ3) is 2.50. The molecule has 0 spiro atoms. The van der Waals surface area contributed by atoms with Crippen LogP contribution in [0.15, 0.2) is 24.3 Å². The van der Waals surface area contributed by atoms with Crippen LogP contribution in [-0.4, -0.2) is 30.5 Å². The van der Waals surface area contributed by atoms with Crippen molar-refractivity contribution in [2.24, 2.45) is 0 Å². The van der Waals surface area contributed by atoms with Crippen LogP contribution in [-0.2, 0) is 0 Å². The van der Waals surface area contributed by atoms with Crippen molar-refractivity contribution in [3.8, 4) is 5.75 Å². The van der Waals surface area contributed by atoms with Crippen LogP contribution in [0.3, 0.4) is 0 Å². The van der Waals surface area contributed by atoms with E-state index in [1.54, 1.807) is 7.11 Å². The van der Waals surface area contributed by atoms with E-state index in [0.717, 1.165) is 25.8 Å². The number of benzene rings is 1. The lowest BCUT2D eigenvalue weighted by molar-refractivity contribution is 0.0604. The van der Waals surface area contributed by atoms with Gasteiger partial charge < -0.3 is 9.64 Å². The Labute approximate surface area is 109 Å². The summed E-state index contributed by atoms with van der Waals surface area (Å²) in [5.74, 6) is 0.780. The number of nitrogens with zero attached hydrogens (tertiary/aromatic N) is 1. The minimum atomic E-state index is 0.110. The maximum absolute atomic E-state index is 12.6. The fourth-order valence-electron chi connectivity index (χ4n) is 2.67. The van der Waals surface area contributed by atoms with Crippen LogP contribution < -0.4 is 4.74 Å². The van der Waals surface area contributed by atoms with E-state index >= 15 is 0 Å². The fourth-order valence-corrected chi connectivity index (χ4v) is 2.67. The molecule has 1 aromatic carbocycles. The van der Waals surface area contributed by atoms with Crippen molar-refractivity contribution in [1.29, 1.82) is 0 Å². The number of ether oxygens (including phenoxy) is 1. The summed E-state index contributed by atoms with van der Waals surface area (Å²) in [6.45, 7) is 3.02. The molecule has 0 aromatic heterocycles. The number of para-hydroxylation sites is 1. The van der Waals surface area contributed by atoms with Crippen LogP contribution >= 0.6 is 0 Å². The number of amides is 1. The number of likely N-dealkylation sites (tertiary alicyclic amines) is 1. The van der Waals surface area contributed by atoms with E-state index < -0.39 is 0 Å². The zero-order valence-corrected chi connectivity index (χ0v) is 11.2. The van der Waals surface area contributed by atoms with Gasteiger partial charge in [-0.1, -0.05) is 19.1 Å². The molecule has 0 aliphatic carbocycles. The van der Waals surface area contributed by atoms with Crippen molar-refractivity contribution >= 4 is 5.91 Å². The first kappa shape index (κ1) is 12.9. The van der Waals surface area contributed by atoms with E-state index in [4.69, 9.17) is 4.74 Å². The van der Waals surface area contributed by atoms with Crippen molar-refractivity contribution in [3.63, 3.8) is 0 Å². The summed E-state index contributed by atoms with van der Waals surface area (Å²) in [5.41, 5.74) is 0.681. The first-order valence-corrected chi connectivity index (χ1v) is 6.72. The van der Waals surface area contributed by atoms with Gasteiger partial charge in [0.1, 0.15) is 5.75 Å². The summed E-state index contributed by atoms with van der Waals surface area (Å²) in [6, 6.07) is 7.86. The van der Waals surface area contributed by atoms with E-state index in [2.05, 4.69) is 6.92 Å². The highest BCUT2D eigenvalue weighted by atomic mass is 16.5. The Morgan fingerprint density at radius 1 is 1.39 bits per heavy atom. The predicted molar refractivity (Wildman–Crippen MR) is 72.0 cm³/mol. The summed E-state index contributed by atoms with van der Waals surface area (Å²) < 4.78 is 5.28. The Balaban J connectivity index is 2.24. The molecular weight excluding hydrogens is 226 g/mol. The van der Waals surface area contributed by atoms with Gasteiger partial charge in [-0.25, -0.2) is 0 Å². The van der Waals surface area contributed by atoms with Crippen LogP contribution in [0.2, 0.25) is 0 Å². The Hall–Kier alpha value is -1.51. The number of carbonyl (C=O) groups excluding carboxylic acids is 1. The quantitative estimate of drug-likeness (QED) is 0.821. The molecule has 1 amide bonds. The lowest BCUT2D eigenvalue weighted by atomic mass is 9.98. The summed E-state index contributed by atoms with van der Waals surface area (Å²) in [5, 5.41) is 0. The molecule has 98 valence electrons. The molecule has 1 fully saturated rings. The standard InChI is InChI=1S/C15H21NO2/c1-3-12-8-6-7-11-16(12)15(17)13-9-4-5-10-14(13)18-2/h4-5,9-10,12H,3,6-8,11H2,1-2H3/t12-/m1/s1. The van der Waals surface area contributed by atoms with Gasteiger partial charge in [-0.3, -0.25) is 4.79 Å². The van der Waals surface area contributed by atoms with E-state index in [-0.39, 0.29) is 5.91 Å². The molecule has 1 heterocycles. The van der Waals surface area contributed by atoms with Gasteiger partial charge in [-0.2, -0.15) is 0 Å². The van der Waals surface area contributed by atoms with Crippen LogP contribution in [0.25, 0.3) is 0 Å². The minimum absolute atomic E-state index is 0.110.